The van der Waals surface area contributed by atoms with E-state index >= 15 is 0 Å². The highest BCUT2D eigenvalue weighted by atomic mass is 15.3. The smallest absolute Gasteiger partial charge is 0.194 e. The Morgan fingerprint density at radius 2 is 1.96 bits per heavy atom. The second-order valence-electron chi connectivity index (χ2n) is 6.83. The molecule has 0 fully saturated rings. The van der Waals surface area contributed by atoms with E-state index in [0.717, 1.165) is 29.6 Å². The Bertz CT molecular complexity index is 934. The van der Waals surface area contributed by atoms with E-state index in [1.54, 1.807) is 0 Å². The number of guanidine groups is 1. The Labute approximate surface area is 161 Å². The van der Waals surface area contributed by atoms with Crippen LogP contribution in [0.3, 0.4) is 0 Å². The second-order valence-corrected chi connectivity index (χ2v) is 6.83. The number of nitrogens with one attached hydrogen (secondary N) is 1. The normalized spacial score (nSPS) is 11.7. The zero-order valence-electron chi connectivity index (χ0n) is 16.8. The van der Waals surface area contributed by atoms with Crippen LogP contribution >= 0.6 is 0 Å². The van der Waals surface area contributed by atoms with Gasteiger partial charge in [0.1, 0.15) is 0 Å². The van der Waals surface area contributed by atoms with Gasteiger partial charge in [0.2, 0.25) is 0 Å². The summed E-state index contributed by atoms with van der Waals surface area (Å²) in [7, 11) is 5.93. The number of aryl methyl sites for hydroxylation is 3. The summed E-state index contributed by atoms with van der Waals surface area (Å²) < 4.78 is 4.13. The molecule has 0 spiro atoms. The van der Waals surface area contributed by atoms with Crippen molar-refractivity contribution in [1.82, 2.24) is 24.6 Å². The van der Waals surface area contributed by atoms with Gasteiger partial charge in [-0.2, -0.15) is 5.10 Å². The molecule has 0 saturated heterocycles. The van der Waals surface area contributed by atoms with Crippen LogP contribution in [0.4, 0.5) is 0 Å². The van der Waals surface area contributed by atoms with Crippen molar-refractivity contribution in [2.24, 2.45) is 12.0 Å². The van der Waals surface area contributed by atoms with Crippen molar-refractivity contribution >= 4 is 5.96 Å². The van der Waals surface area contributed by atoms with E-state index in [4.69, 9.17) is 0 Å². The van der Waals surface area contributed by atoms with Crippen LogP contribution in [-0.2, 0) is 20.1 Å². The van der Waals surface area contributed by atoms with E-state index < -0.39 is 0 Å². The van der Waals surface area contributed by atoms with Crippen molar-refractivity contribution in [2.45, 2.75) is 26.9 Å². The summed E-state index contributed by atoms with van der Waals surface area (Å²) in [6.07, 6.45) is 2.06. The molecule has 142 valence electrons. The number of rotatable bonds is 5. The fourth-order valence-corrected chi connectivity index (χ4v) is 3.28. The van der Waals surface area contributed by atoms with Gasteiger partial charge < -0.3 is 14.8 Å². The van der Waals surface area contributed by atoms with Gasteiger partial charge in [-0.3, -0.25) is 4.99 Å². The van der Waals surface area contributed by atoms with Gasteiger partial charge in [0.05, 0.1) is 17.9 Å². The minimum Gasteiger partial charge on any atom is -0.353 e. The Morgan fingerprint density at radius 1 is 1.19 bits per heavy atom. The first-order valence-electron chi connectivity index (χ1n) is 9.13. The molecular formula is C21H28N6. The minimum absolute atomic E-state index is 0.679. The molecule has 2 heterocycles. The van der Waals surface area contributed by atoms with Crippen molar-refractivity contribution in [3.05, 3.63) is 71.3 Å². The molecule has 1 N–H and O–H groups in total. The lowest BCUT2D eigenvalue weighted by Crippen LogP contribution is -2.38. The zero-order valence-corrected chi connectivity index (χ0v) is 16.8. The molecule has 0 amide bonds. The predicted octanol–water partition coefficient (Wildman–Crippen LogP) is 3.04. The summed E-state index contributed by atoms with van der Waals surface area (Å²) in [6, 6.07) is 14.6. The average molecular weight is 364 g/mol. The molecule has 0 unspecified atom stereocenters. The maximum atomic E-state index is 4.63. The molecule has 0 aliphatic carbocycles. The highest BCUT2D eigenvalue weighted by Gasteiger charge is 2.11. The van der Waals surface area contributed by atoms with Crippen LogP contribution in [0.25, 0.3) is 5.69 Å². The van der Waals surface area contributed by atoms with E-state index in [0.29, 0.717) is 6.54 Å². The van der Waals surface area contributed by atoms with Crippen molar-refractivity contribution in [3.8, 4) is 5.69 Å². The van der Waals surface area contributed by atoms with Crippen molar-refractivity contribution in [1.29, 1.82) is 0 Å². The number of nitrogens with zero attached hydrogens (tertiary/aromatic N) is 5. The van der Waals surface area contributed by atoms with E-state index in [1.165, 1.54) is 11.3 Å². The molecule has 0 bridgehead atoms. The van der Waals surface area contributed by atoms with Gasteiger partial charge in [-0.25, -0.2) is 4.68 Å². The van der Waals surface area contributed by atoms with Gasteiger partial charge in [0.15, 0.2) is 5.96 Å². The van der Waals surface area contributed by atoms with Crippen molar-refractivity contribution in [2.75, 3.05) is 14.1 Å². The monoisotopic (exact) mass is 364 g/mol. The number of hydrogen-bond acceptors (Lipinski definition) is 2. The summed E-state index contributed by atoms with van der Waals surface area (Å²) in [4.78, 5) is 6.56. The minimum atomic E-state index is 0.679. The van der Waals surface area contributed by atoms with Crippen LogP contribution in [0, 0.1) is 13.8 Å². The SMILES string of the molecule is CN=C(NCc1ccccc1-n1nc(C)cc1C)N(C)Cc1cccn1C. The number of para-hydroxylation sites is 1. The third-order valence-corrected chi connectivity index (χ3v) is 4.69. The molecule has 6 nitrogen and oxygen atoms in total. The van der Waals surface area contributed by atoms with Crippen LogP contribution < -0.4 is 5.32 Å². The van der Waals surface area contributed by atoms with Gasteiger partial charge in [0.25, 0.3) is 0 Å². The lowest BCUT2D eigenvalue weighted by Gasteiger charge is -2.23. The molecule has 0 aliphatic rings. The van der Waals surface area contributed by atoms with Crippen LogP contribution in [0.1, 0.15) is 22.6 Å². The first-order chi connectivity index (χ1) is 13.0. The first-order valence-corrected chi connectivity index (χ1v) is 9.13. The first kappa shape index (κ1) is 18.8. The summed E-state index contributed by atoms with van der Waals surface area (Å²) in [6.45, 7) is 5.57. The van der Waals surface area contributed by atoms with E-state index in [2.05, 4.69) is 88.5 Å². The largest absolute Gasteiger partial charge is 0.353 e. The van der Waals surface area contributed by atoms with Crippen LogP contribution in [0.5, 0.6) is 0 Å². The topological polar surface area (TPSA) is 50.4 Å². The number of aliphatic imine (C=N–C) groups is 1. The van der Waals surface area contributed by atoms with Crippen molar-refractivity contribution in [3.63, 3.8) is 0 Å². The Balaban J connectivity index is 1.74. The highest BCUT2D eigenvalue weighted by Crippen LogP contribution is 2.17. The molecule has 3 aromatic rings. The van der Waals surface area contributed by atoms with E-state index in [-0.39, 0.29) is 0 Å². The molecule has 0 saturated carbocycles. The zero-order chi connectivity index (χ0) is 19.4. The third-order valence-electron chi connectivity index (χ3n) is 4.69. The van der Waals surface area contributed by atoms with Crippen molar-refractivity contribution < 1.29 is 0 Å². The molecule has 0 atom stereocenters. The molecule has 0 aliphatic heterocycles. The summed E-state index contributed by atoms with van der Waals surface area (Å²) >= 11 is 0. The quantitative estimate of drug-likeness (QED) is 0.559. The second kappa shape index (κ2) is 8.12. The number of hydrogen-bond donors (Lipinski definition) is 1. The Kier molecular flexibility index (Phi) is 5.64. The van der Waals surface area contributed by atoms with Crippen LogP contribution in [0.2, 0.25) is 0 Å². The average Bonchev–Trinajstić information content (AvgIpc) is 3.20. The maximum Gasteiger partial charge on any atom is 0.194 e. The van der Waals surface area contributed by atoms with Gasteiger partial charge >= 0.3 is 0 Å². The number of aromatic nitrogens is 3. The molecule has 1 aromatic carbocycles. The van der Waals surface area contributed by atoms with Gasteiger partial charge in [-0.1, -0.05) is 18.2 Å². The summed E-state index contributed by atoms with van der Waals surface area (Å²) in [5, 5.41) is 8.11. The van der Waals surface area contributed by atoms with Crippen LogP contribution in [0.15, 0.2) is 53.7 Å². The number of benzene rings is 1. The maximum absolute atomic E-state index is 4.63. The molecule has 0 radical (unpaired) electrons. The van der Waals surface area contributed by atoms with Gasteiger partial charge in [-0.05, 0) is 43.7 Å². The highest BCUT2D eigenvalue weighted by molar-refractivity contribution is 5.79. The molecule has 6 heteroatoms. The fourth-order valence-electron chi connectivity index (χ4n) is 3.28. The van der Waals surface area contributed by atoms with E-state index in [1.807, 2.05) is 24.7 Å². The standard InChI is InChI=1S/C21H28N6/c1-16-13-17(2)27(24-16)20-11-7-6-9-18(20)14-23-21(22-3)26(5)15-19-10-8-12-25(19)4/h6-13H,14-15H2,1-5H3,(H,22,23). The van der Waals surface area contributed by atoms with Gasteiger partial charge in [-0.15, -0.1) is 0 Å². The lowest BCUT2D eigenvalue weighted by atomic mass is 10.1. The predicted molar refractivity (Wildman–Crippen MR) is 110 cm³/mol. The summed E-state index contributed by atoms with van der Waals surface area (Å²) in [5.74, 6) is 0.861. The van der Waals surface area contributed by atoms with Gasteiger partial charge in [0, 0.05) is 45.3 Å². The molecule has 27 heavy (non-hydrogen) atoms. The Hall–Kier alpha value is -3.02. The molecule has 2 aromatic heterocycles. The molecule has 3 rings (SSSR count). The Morgan fingerprint density at radius 3 is 2.59 bits per heavy atom. The van der Waals surface area contributed by atoms with Crippen LogP contribution in [-0.4, -0.2) is 39.3 Å². The fraction of sp³-hybridized carbons (Fsp3) is 0.333. The van der Waals surface area contributed by atoms with E-state index in [9.17, 15) is 0 Å². The summed E-state index contributed by atoms with van der Waals surface area (Å²) in [5.41, 5.74) is 5.66. The lowest BCUT2D eigenvalue weighted by molar-refractivity contribution is 0.461. The molecular weight excluding hydrogens is 336 g/mol. The third kappa shape index (κ3) is 4.22.